The molecule has 0 unspecified atom stereocenters. The van der Waals surface area contributed by atoms with Crippen LogP contribution in [-0.4, -0.2) is 53.5 Å². The fraction of sp³-hybridized carbons (Fsp3) is 0.588. The number of aromatic nitrogens is 1. The fourth-order valence-corrected chi connectivity index (χ4v) is 2.50. The number of amides is 1. The first kappa shape index (κ1) is 17.4. The number of ether oxygens (including phenoxy) is 1. The highest BCUT2D eigenvalue weighted by Gasteiger charge is 2.29. The van der Waals surface area contributed by atoms with E-state index >= 15 is 0 Å². The van der Waals surface area contributed by atoms with Gasteiger partial charge >= 0.3 is 6.09 Å². The molecule has 0 bridgehead atoms. The van der Waals surface area contributed by atoms with Crippen LogP contribution in [0.25, 0.3) is 0 Å². The number of carbonyl (C=O) groups excluding carboxylic acids is 2. The van der Waals surface area contributed by atoms with Gasteiger partial charge in [-0.05, 0) is 45.2 Å². The maximum absolute atomic E-state index is 12.0. The molecule has 1 N–H and O–H groups in total. The van der Waals surface area contributed by atoms with Crippen LogP contribution in [0.1, 0.15) is 37.7 Å². The first-order valence-electron chi connectivity index (χ1n) is 7.98. The lowest BCUT2D eigenvalue weighted by molar-refractivity contribution is 0.0288. The van der Waals surface area contributed by atoms with E-state index in [9.17, 15) is 9.59 Å². The lowest BCUT2D eigenvalue weighted by Crippen LogP contribution is -2.36. The Morgan fingerprint density at radius 1 is 1.39 bits per heavy atom. The van der Waals surface area contributed by atoms with Crippen molar-refractivity contribution in [3.63, 3.8) is 0 Å². The van der Waals surface area contributed by atoms with Crippen molar-refractivity contribution in [2.45, 2.75) is 32.8 Å². The van der Waals surface area contributed by atoms with Crippen molar-refractivity contribution in [1.82, 2.24) is 15.2 Å². The Balaban J connectivity index is 1.70. The van der Waals surface area contributed by atoms with Crippen LogP contribution in [0.3, 0.4) is 0 Å². The number of pyridine rings is 1. The Labute approximate surface area is 137 Å². The van der Waals surface area contributed by atoms with Crippen molar-refractivity contribution in [3.8, 4) is 0 Å². The van der Waals surface area contributed by atoms with Gasteiger partial charge in [-0.3, -0.25) is 9.78 Å². The van der Waals surface area contributed by atoms with E-state index in [-0.39, 0.29) is 18.4 Å². The summed E-state index contributed by atoms with van der Waals surface area (Å²) in [5.41, 5.74) is 0.00417. The third-order valence-corrected chi connectivity index (χ3v) is 3.61. The predicted molar refractivity (Wildman–Crippen MR) is 87.4 cm³/mol. The molecule has 23 heavy (non-hydrogen) atoms. The third kappa shape index (κ3) is 5.63. The molecule has 1 aromatic rings. The van der Waals surface area contributed by atoms with Crippen LogP contribution in [0.2, 0.25) is 0 Å². The molecule has 6 nitrogen and oxygen atoms in total. The summed E-state index contributed by atoms with van der Waals surface area (Å²) in [5, 5.41) is 3.16. The highest BCUT2D eigenvalue weighted by atomic mass is 16.6. The average molecular weight is 319 g/mol. The number of nitrogens with zero attached hydrogens (tertiary/aromatic N) is 2. The van der Waals surface area contributed by atoms with E-state index < -0.39 is 5.60 Å². The summed E-state index contributed by atoms with van der Waals surface area (Å²) in [6, 6.07) is 5.30. The summed E-state index contributed by atoms with van der Waals surface area (Å²) >= 11 is 0. The van der Waals surface area contributed by atoms with Crippen LogP contribution in [0.5, 0.6) is 0 Å². The molecule has 1 aliphatic heterocycles. The van der Waals surface area contributed by atoms with Gasteiger partial charge in [-0.1, -0.05) is 6.07 Å². The molecular formula is C17H25N3O3. The minimum atomic E-state index is -0.470. The molecule has 0 aromatic carbocycles. The smallest absolute Gasteiger partial charge is 0.410 e. The largest absolute Gasteiger partial charge is 0.444 e. The van der Waals surface area contributed by atoms with E-state index in [0.29, 0.717) is 31.2 Å². The number of hydrogen-bond acceptors (Lipinski definition) is 5. The van der Waals surface area contributed by atoms with Gasteiger partial charge in [-0.15, -0.1) is 0 Å². The highest BCUT2D eigenvalue weighted by molar-refractivity contribution is 5.95. The SMILES string of the molecule is CC(C)(C)OC(=O)N1CC[C@H](CNCC(=O)c2ccccn2)C1. The molecule has 2 rings (SSSR count). The maximum atomic E-state index is 12.0. The van der Waals surface area contributed by atoms with Crippen molar-refractivity contribution in [3.05, 3.63) is 30.1 Å². The van der Waals surface area contributed by atoms with Gasteiger partial charge in [0, 0.05) is 25.8 Å². The molecular weight excluding hydrogens is 294 g/mol. The van der Waals surface area contributed by atoms with Gasteiger partial charge in [-0.2, -0.15) is 0 Å². The number of hydrogen-bond donors (Lipinski definition) is 1. The standard InChI is InChI=1S/C17H25N3O3/c1-17(2,3)23-16(22)20-9-7-13(12-20)10-18-11-15(21)14-6-4-5-8-19-14/h4-6,8,13,18H,7,9-12H2,1-3H3/t13-/m1/s1. The Hall–Kier alpha value is -1.95. The van der Waals surface area contributed by atoms with Crippen molar-refractivity contribution >= 4 is 11.9 Å². The third-order valence-electron chi connectivity index (χ3n) is 3.61. The van der Waals surface area contributed by atoms with E-state index in [1.807, 2.05) is 20.8 Å². The monoisotopic (exact) mass is 319 g/mol. The Morgan fingerprint density at radius 3 is 2.83 bits per heavy atom. The van der Waals surface area contributed by atoms with E-state index in [1.165, 1.54) is 0 Å². The summed E-state index contributed by atoms with van der Waals surface area (Å²) < 4.78 is 5.37. The van der Waals surface area contributed by atoms with Gasteiger partial charge in [0.25, 0.3) is 0 Å². The molecule has 6 heteroatoms. The van der Waals surface area contributed by atoms with Crippen LogP contribution in [0.15, 0.2) is 24.4 Å². The molecule has 0 saturated carbocycles. The second kappa shape index (κ2) is 7.55. The van der Waals surface area contributed by atoms with E-state index in [1.54, 1.807) is 29.3 Å². The van der Waals surface area contributed by atoms with Crippen molar-refractivity contribution in [1.29, 1.82) is 0 Å². The topological polar surface area (TPSA) is 71.5 Å². The molecule has 1 fully saturated rings. The van der Waals surface area contributed by atoms with Crippen LogP contribution in [0, 0.1) is 5.92 Å². The normalized spacial score (nSPS) is 18.0. The lowest BCUT2D eigenvalue weighted by Gasteiger charge is -2.24. The fourth-order valence-electron chi connectivity index (χ4n) is 2.50. The molecule has 2 heterocycles. The van der Waals surface area contributed by atoms with Crippen LogP contribution >= 0.6 is 0 Å². The minimum absolute atomic E-state index is 0.0207. The number of rotatable bonds is 5. The summed E-state index contributed by atoms with van der Waals surface area (Å²) in [6.45, 7) is 7.93. The predicted octanol–water partition coefficient (Wildman–Crippen LogP) is 2.11. The van der Waals surface area contributed by atoms with E-state index in [4.69, 9.17) is 4.74 Å². The van der Waals surface area contributed by atoms with Crippen molar-refractivity contribution < 1.29 is 14.3 Å². The molecule has 1 atom stereocenters. The first-order valence-corrected chi connectivity index (χ1v) is 7.98. The maximum Gasteiger partial charge on any atom is 0.410 e. The summed E-state index contributed by atoms with van der Waals surface area (Å²) in [5.74, 6) is 0.326. The summed E-state index contributed by atoms with van der Waals surface area (Å²) in [6.07, 6.45) is 2.27. The van der Waals surface area contributed by atoms with E-state index in [2.05, 4.69) is 10.3 Å². The van der Waals surface area contributed by atoms with Gasteiger partial charge < -0.3 is 15.0 Å². The lowest BCUT2D eigenvalue weighted by atomic mass is 10.1. The Kier molecular flexibility index (Phi) is 5.71. The number of Topliss-reactive ketones (excluding diaryl/α,β-unsaturated/α-hetero) is 1. The van der Waals surface area contributed by atoms with Crippen molar-refractivity contribution in [2.24, 2.45) is 5.92 Å². The highest BCUT2D eigenvalue weighted by Crippen LogP contribution is 2.18. The van der Waals surface area contributed by atoms with Crippen LogP contribution in [0.4, 0.5) is 4.79 Å². The minimum Gasteiger partial charge on any atom is -0.444 e. The molecule has 1 aliphatic rings. The quantitative estimate of drug-likeness (QED) is 0.842. The molecule has 0 radical (unpaired) electrons. The Bertz CT molecular complexity index is 540. The first-order chi connectivity index (χ1) is 10.8. The number of carbonyl (C=O) groups is 2. The van der Waals surface area contributed by atoms with Gasteiger partial charge in [0.15, 0.2) is 5.78 Å². The number of ketones is 1. The van der Waals surface area contributed by atoms with Crippen molar-refractivity contribution in [2.75, 3.05) is 26.2 Å². The van der Waals surface area contributed by atoms with Gasteiger partial charge in [0.1, 0.15) is 11.3 Å². The molecule has 1 amide bonds. The van der Waals surface area contributed by atoms with E-state index in [0.717, 1.165) is 6.42 Å². The zero-order valence-electron chi connectivity index (χ0n) is 14.0. The molecule has 0 aliphatic carbocycles. The van der Waals surface area contributed by atoms with Crippen LogP contribution < -0.4 is 5.32 Å². The number of nitrogens with one attached hydrogen (secondary N) is 1. The molecule has 0 spiro atoms. The number of likely N-dealkylation sites (tertiary alicyclic amines) is 1. The van der Waals surface area contributed by atoms with Gasteiger partial charge in [0.2, 0.25) is 0 Å². The zero-order chi connectivity index (χ0) is 16.9. The second-order valence-corrected chi connectivity index (χ2v) is 6.85. The molecule has 126 valence electrons. The van der Waals surface area contributed by atoms with Crippen LogP contribution in [-0.2, 0) is 4.74 Å². The molecule has 1 saturated heterocycles. The summed E-state index contributed by atoms with van der Waals surface area (Å²) in [4.78, 5) is 29.7. The summed E-state index contributed by atoms with van der Waals surface area (Å²) in [7, 11) is 0. The molecule has 1 aromatic heterocycles. The second-order valence-electron chi connectivity index (χ2n) is 6.85. The zero-order valence-corrected chi connectivity index (χ0v) is 14.0. The average Bonchev–Trinajstić information content (AvgIpc) is 2.95. The van der Waals surface area contributed by atoms with Gasteiger partial charge in [0.05, 0.1) is 6.54 Å². The van der Waals surface area contributed by atoms with Gasteiger partial charge in [-0.25, -0.2) is 4.79 Å². The Morgan fingerprint density at radius 2 is 2.17 bits per heavy atom.